The summed E-state index contributed by atoms with van der Waals surface area (Å²) in [6, 6.07) is 17.3. The van der Waals surface area contributed by atoms with E-state index in [0.29, 0.717) is 23.4 Å². The maximum absolute atomic E-state index is 9.15. The number of nitrogens with zero attached hydrogens (tertiary/aromatic N) is 3. The SMILES string of the molecule is COc1cc(CN(C)c2ccccc2C#N)ccc1C#N. The molecule has 2 aromatic carbocycles. The average molecular weight is 277 g/mol. The summed E-state index contributed by atoms with van der Waals surface area (Å²) in [5.74, 6) is 0.567. The van der Waals surface area contributed by atoms with E-state index in [1.165, 1.54) is 0 Å². The monoisotopic (exact) mass is 277 g/mol. The lowest BCUT2D eigenvalue weighted by molar-refractivity contribution is 0.413. The highest BCUT2D eigenvalue weighted by molar-refractivity contribution is 5.59. The highest BCUT2D eigenvalue weighted by atomic mass is 16.5. The molecule has 0 bridgehead atoms. The maximum atomic E-state index is 9.15. The minimum Gasteiger partial charge on any atom is -0.495 e. The first-order valence-electron chi connectivity index (χ1n) is 6.47. The zero-order valence-electron chi connectivity index (χ0n) is 12.0. The van der Waals surface area contributed by atoms with Crippen molar-refractivity contribution in [1.82, 2.24) is 0 Å². The molecule has 0 saturated carbocycles. The van der Waals surface area contributed by atoms with Crippen molar-refractivity contribution in [1.29, 1.82) is 10.5 Å². The normalized spacial score (nSPS) is 9.52. The zero-order valence-corrected chi connectivity index (χ0v) is 12.0. The van der Waals surface area contributed by atoms with Crippen molar-refractivity contribution in [3.63, 3.8) is 0 Å². The van der Waals surface area contributed by atoms with Crippen molar-refractivity contribution in [3.8, 4) is 17.9 Å². The van der Waals surface area contributed by atoms with Gasteiger partial charge in [-0.3, -0.25) is 0 Å². The molecule has 0 saturated heterocycles. The molecule has 2 aromatic rings. The number of hydrogen-bond donors (Lipinski definition) is 0. The van der Waals surface area contributed by atoms with Crippen LogP contribution in [0, 0.1) is 22.7 Å². The second kappa shape index (κ2) is 6.45. The molecule has 0 fully saturated rings. The van der Waals surface area contributed by atoms with Gasteiger partial charge in [0.1, 0.15) is 17.9 Å². The molecule has 4 nitrogen and oxygen atoms in total. The highest BCUT2D eigenvalue weighted by Crippen LogP contribution is 2.23. The van der Waals surface area contributed by atoms with Gasteiger partial charge in [0.2, 0.25) is 0 Å². The second-order valence-electron chi connectivity index (χ2n) is 4.63. The van der Waals surface area contributed by atoms with Gasteiger partial charge in [-0.25, -0.2) is 0 Å². The van der Waals surface area contributed by atoms with Crippen LogP contribution < -0.4 is 9.64 Å². The molecule has 0 aliphatic carbocycles. The largest absolute Gasteiger partial charge is 0.495 e. The number of ether oxygens (including phenoxy) is 1. The van der Waals surface area contributed by atoms with Crippen LogP contribution in [0.2, 0.25) is 0 Å². The van der Waals surface area contributed by atoms with E-state index in [1.54, 1.807) is 19.2 Å². The number of anilines is 1. The predicted octanol–water partition coefficient (Wildman–Crippen LogP) is 3.07. The van der Waals surface area contributed by atoms with Gasteiger partial charge in [0.15, 0.2) is 0 Å². The lowest BCUT2D eigenvalue weighted by atomic mass is 10.1. The van der Waals surface area contributed by atoms with Crippen LogP contribution in [-0.2, 0) is 6.54 Å². The lowest BCUT2D eigenvalue weighted by Crippen LogP contribution is -2.17. The van der Waals surface area contributed by atoms with Crippen LogP contribution in [0.1, 0.15) is 16.7 Å². The molecule has 104 valence electrons. The molecule has 0 atom stereocenters. The van der Waals surface area contributed by atoms with Gasteiger partial charge in [0.25, 0.3) is 0 Å². The summed E-state index contributed by atoms with van der Waals surface area (Å²) < 4.78 is 5.22. The summed E-state index contributed by atoms with van der Waals surface area (Å²) >= 11 is 0. The number of rotatable bonds is 4. The molecular weight excluding hydrogens is 262 g/mol. The predicted molar refractivity (Wildman–Crippen MR) is 81.0 cm³/mol. The van der Waals surface area contributed by atoms with Crippen molar-refractivity contribution in [3.05, 3.63) is 59.2 Å². The van der Waals surface area contributed by atoms with Crippen LogP contribution in [0.15, 0.2) is 42.5 Å². The third-order valence-corrected chi connectivity index (χ3v) is 3.24. The summed E-state index contributed by atoms with van der Waals surface area (Å²) in [4.78, 5) is 2.00. The lowest BCUT2D eigenvalue weighted by Gasteiger charge is -2.21. The zero-order chi connectivity index (χ0) is 15.2. The molecule has 4 heteroatoms. The smallest absolute Gasteiger partial charge is 0.136 e. The van der Waals surface area contributed by atoms with E-state index in [1.807, 2.05) is 42.3 Å². The Bertz CT molecular complexity index is 726. The van der Waals surface area contributed by atoms with Crippen LogP contribution in [0.5, 0.6) is 5.75 Å². The van der Waals surface area contributed by atoms with Gasteiger partial charge >= 0.3 is 0 Å². The fraction of sp³-hybridized carbons (Fsp3) is 0.176. The third-order valence-electron chi connectivity index (χ3n) is 3.24. The van der Waals surface area contributed by atoms with Gasteiger partial charge in [-0.1, -0.05) is 18.2 Å². The Morgan fingerprint density at radius 2 is 1.76 bits per heavy atom. The molecule has 0 heterocycles. The van der Waals surface area contributed by atoms with E-state index in [2.05, 4.69) is 12.1 Å². The maximum Gasteiger partial charge on any atom is 0.136 e. The summed E-state index contributed by atoms with van der Waals surface area (Å²) in [5, 5.41) is 18.1. The van der Waals surface area contributed by atoms with E-state index < -0.39 is 0 Å². The number of benzene rings is 2. The molecule has 0 radical (unpaired) electrons. The van der Waals surface area contributed by atoms with Crippen molar-refractivity contribution in [2.45, 2.75) is 6.54 Å². The average Bonchev–Trinajstić information content (AvgIpc) is 2.54. The van der Waals surface area contributed by atoms with E-state index >= 15 is 0 Å². The second-order valence-corrected chi connectivity index (χ2v) is 4.63. The number of nitriles is 2. The first-order chi connectivity index (χ1) is 10.2. The standard InChI is InChI=1S/C17H15N3O/c1-20(16-6-4-3-5-14(16)10-18)12-13-7-8-15(11-19)17(9-13)21-2/h3-9H,12H2,1-2H3. The highest BCUT2D eigenvalue weighted by Gasteiger charge is 2.09. The fourth-order valence-corrected chi connectivity index (χ4v) is 2.19. The Kier molecular flexibility index (Phi) is 4.43. The summed E-state index contributed by atoms with van der Waals surface area (Å²) in [6.07, 6.45) is 0. The van der Waals surface area contributed by atoms with Gasteiger partial charge in [0, 0.05) is 13.6 Å². The topological polar surface area (TPSA) is 60.0 Å². The Morgan fingerprint density at radius 1 is 1.05 bits per heavy atom. The van der Waals surface area contributed by atoms with Crippen molar-refractivity contribution >= 4 is 5.69 Å². The quantitative estimate of drug-likeness (QED) is 0.861. The van der Waals surface area contributed by atoms with E-state index in [0.717, 1.165) is 11.3 Å². The first-order valence-corrected chi connectivity index (χ1v) is 6.47. The molecule has 0 spiro atoms. The Morgan fingerprint density at radius 3 is 2.43 bits per heavy atom. The molecule has 0 aliphatic heterocycles. The van der Waals surface area contributed by atoms with Crippen LogP contribution in [0.4, 0.5) is 5.69 Å². The Hall–Kier alpha value is -2.98. The van der Waals surface area contributed by atoms with Crippen molar-refractivity contribution in [2.24, 2.45) is 0 Å². The molecule has 0 aliphatic rings. The summed E-state index contributed by atoms with van der Waals surface area (Å²) in [5.41, 5.74) is 3.05. The van der Waals surface area contributed by atoms with Crippen LogP contribution in [-0.4, -0.2) is 14.2 Å². The van der Waals surface area contributed by atoms with Crippen LogP contribution in [0.25, 0.3) is 0 Å². The van der Waals surface area contributed by atoms with Gasteiger partial charge in [-0.05, 0) is 29.8 Å². The molecule has 0 unspecified atom stereocenters. The molecule has 0 N–H and O–H groups in total. The van der Waals surface area contributed by atoms with Crippen LogP contribution >= 0.6 is 0 Å². The molecule has 2 rings (SSSR count). The molecular formula is C17H15N3O. The van der Waals surface area contributed by atoms with E-state index in [-0.39, 0.29) is 0 Å². The van der Waals surface area contributed by atoms with Gasteiger partial charge in [-0.2, -0.15) is 10.5 Å². The van der Waals surface area contributed by atoms with Crippen molar-refractivity contribution < 1.29 is 4.74 Å². The number of para-hydroxylation sites is 1. The van der Waals surface area contributed by atoms with Gasteiger partial charge in [0.05, 0.1) is 23.9 Å². The number of hydrogen-bond acceptors (Lipinski definition) is 4. The molecule has 21 heavy (non-hydrogen) atoms. The van der Waals surface area contributed by atoms with Crippen LogP contribution in [0.3, 0.4) is 0 Å². The van der Waals surface area contributed by atoms with Crippen molar-refractivity contribution in [2.75, 3.05) is 19.1 Å². The van der Waals surface area contributed by atoms with Gasteiger partial charge < -0.3 is 9.64 Å². The summed E-state index contributed by atoms with van der Waals surface area (Å²) in [6.45, 7) is 0.626. The molecule has 0 amide bonds. The number of methoxy groups -OCH3 is 1. The first kappa shape index (κ1) is 14.4. The fourth-order valence-electron chi connectivity index (χ4n) is 2.19. The third kappa shape index (κ3) is 3.13. The minimum absolute atomic E-state index is 0.515. The Labute approximate surface area is 124 Å². The summed E-state index contributed by atoms with van der Waals surface area (Å²) in [7, 11) is 3.48. The van der Waals surface area contributed by atoms with E-state index in [9.17, 15) is 0 Å². The van der Waals surface area contributed by atoms with E-state index in [4.69, 9.17) is 15.3 Å². The Balaban J connectivity index is 2.26. The minimum atomic E-state index is 0.515. The van der Waals surface area contributed by atoms with Gasteiger partial charge in [-0.15, -0.1) is 0 Å². The molecule has 0 aromatic heterocycles.